The van der Waals surface area contributed by atoms with Crippen molar-refractivity contribution in [2.45, 2.75) is 289 Å². The molecule has 0 aliphatic carbocycles. The number of carboxylic acid groups (broad SMARTS) is 1. The Balaban J connectivity index is 4.24. The summed E-state index contributed by atoms with van der Waals surface area (Å²) in [6.45, 7) is 4.74. The molecule has 0 bridgehead atoms. The number of nitrogens with zero attached hydrogens (tertiary/aromatic N) is 1. The summed E-state index contributed by atoms with van der Waals surface area (Å²) in [4.78, 5) is 37.5. The number of quaternary nitrogens is 1. The number of allylic oxidation sites excluding steroid dienone is 16. The first-order chi connectivity index (χ1) is 39.1. The Kier molecular flexibility index (Phi) is 58.4. The third-order valence-electron chi connectivity index (χ3n) is 14.1. The van der Waals surface area contributed by atoms with Crippen LogP contribution in [0, 0.1) is 0 Å². The molecule has 0 aliphatic heterocycles. The Labute approximate surface area is 492 Å². The molecule has 460 valence electrons. The van der Waals surface area contributed by atoms with Crippen molar-refractivity contribution < 1.29 is 42.9 Å². The maximum atomic E-state index is 12.9. The summed E-state index contributed by atoms with van der Waals surface area (Å²) in [5, 5.41) is 9.73. The van der Waals surface area contributed by atoms with Crippen molar-refractivity contribution in [3.05, 3.63) is 97.2 Å². The lowest BCUT2D eigenvalue weighted by atomic mass is 10.0. The van der Waals surface area contributed by atoms with Crippen LogP contribution in [0.25, 0.3) is 0 Å². The molecule has 2 unspecified atom stereocenters. The SMILES string of the molecule is CC/C=C\C/C=C\C/C=C\C/C=C\C/C=C\C/C=C\C/C=C\C/C=C\CCCCC(=O)OC(COC(=O)CCCCCCCCCCCCCCCCCCCCCCCCCCCCCC)COC(OCC[N+](C)(C)C)C(=O)O. The van der Waals surface area contributed by atoms with Gasteiger partial charge in [0.1, 0.15) is 13.2 Å². The normalized spacial score (nSPS) is 13.4. The van der Waals surface area contributed by atoms with Crippen molar-refractivity contribution in [1.29, 1.82) is 0 Å². The van der Waals surface area contributed by atoms with Gasteiger partial charge in [0.2, 0.25) is 0 Å². The molecule has 0 rings (SSSR count). The van der Waals surface area contributed by atoms with E-state index >= 15 is 0 Å². The Morgan fingerprint density at radius 1 is 0.388 bits per heavy atom. The Bertz CT molecular complexity index is 1630. The van der Waals surface area contributed by atoms with Gasteiger partial charge >= 0.3 is 17.9 Å². The first-order valence-electron chi connectivity index (χ1n) is 32.9. The van der Waals surface area contributed by atoms with E-state index in [4.69, 9.17) is 18.9 Å². The summed E-state index contributed by atoms with van der Waals surface area (Å²) in [7, 11) is 5.96. The average molecular weight is 1120 g/mol. The minimum Gasteiger partial charge on any atom is -0.477 e. The molecule has 1 N–H and O–H groups in total. The highest BCUT2D eigenvalue weighted by Gasteiger charge is 2.25. The van der Waals surface area contributed by atoms with Gasteiger partial charge in [0, 0.05) is 12.8 Å². The molecule has 0 spiro atoms. The molecule has 0 aromatic heterocycles. The Hall–Kier alpha value is -3.79. The molecule has 0 radical (unpaired) electrons. The van der Waals surface area contributed by atoms with Gasteiger partial charge in [-0.15, -0.1) is 0 Å². The van der Waals surface area contributed by atoms with Crippen molar-refractivity contribution in [2.24, 2.45) is 0 Å². The number of aliphatic carboxylic acids is 1. The predicted molar refractivity (Wildman–Crippen MR) is 341 cm³/mol. The maximum Gasteiger partial charge on any atom is 0.361 e. The summed E-state index contributed by atoms with van der Waals surface area (Å²) in [6, 6.07) is 0. The van der Waals surface area contributed by atoms with Crippen LogP contribution < -0.4 is 0 Å². The van der Waals surface area contributed by atoms with Crippen molar-refractivity contribution in [3.8, 4) is 0 Å². The monoisotopic (exact) mass is 1120 g/mol. The number of unbranched alkanes of at least 4 members (excludes halogenated alkanes) is 29. The van der Waals surface area contributed by atoms with Crippen LogP contribution in [0.5, 0.6) is 0 Å². The van der Waals surface area contributed by atoms with E-state index in [1.165, 1.54) is 161 Å². The molecule has 0 amide bonds. The van der Waals surface area contributed by atoms with Gasteiger partial charge in [-0.1, -0.05) is 284 Å². The summed E-state index contributed by atoms with van der Waals surface area (Å²) in [5.41, 5.74) is 0. The van der Waals surface area contributed by atoms with E-state index in [9.17, 15) is 19.5 Å². The van der Waals surface area contributed by atoms with Gasteiger partial charge in [-0.25, -0.2) is 4.79 Å². The van der Waals surface area contributed by atoms with E-state index in [-0.39, 0.29) is 32.2 Å². The van der Waals surface area contributed by atoms with Gasteiger partial charge in [-0.2, -0.15) is 0 Å². The number of carboxylic acids is 1. The molecule has 80 heavy (non-hydrogen) atoms. The van der Waals surface area contributed by atoms with Crippen LogP contribution in [0.1, 0.15) is 277 Å². The fraction of sp³-hybridized carbons (Fsp3) is 0.732. The van der Waals surface area contributed by atoms with Gasteiger partial charge in [-0.3, -0.25) is 9.59 Å². The number of carbonyl (C=O) groups excluding carboxylic acids is 2. The van der Waals surface area contributed by atoms with Gasteiger partial charge in [-0.05, 0) is 77.0 Å². The van der Waals surface area contributed by atoms with Gasteiger partial charge in [0.15, 0.2) is 6.10 Å². The van der Waals surface area contributed by atoms with Crippen LogP contribution in [0.3, 0.4) is 0 Å². The Morgan fingerprint density at radius 2 is 0.713 bits per heavy atom. The highest BCUT2D eigenvalue weighted by molar-refractivity contribution is 5.71. The quantitative estimate of drug-likeness (QED) is 0.0211. The molecule has 9 heteroatoms. The smallest absolute Gasteiger partial charge is 0.361 e. The van der Waals surface area contributed by atoms with Crippen molar-refractivity contribution in [3.63, 3.8) is 0 Å². The number of esters is 2. The molecule has 0 aliphatic rings. The van der Waals surface area contributed by atoms with Crippen molar-refractivity contribution in [2.75, 3.05) is 47.5 Å². The topological polar surface area (TPSA) is 108 Å². The largest absolute Gasteiger partial charge is 0.477 e. The second kappa shape index (κ2) is 61.3. The lowest BCUT2D eigenvalue weighted by Crippen LogP contribution is -2.40. The van der Waals surface area contributed by atoms with Crippen LogP contribution in [-0.4, -0.2) is 87.4 Å². The zero-order chi connectivity index (χ0) is 58.3. The number of hydrogen-bond donors (Lipinski definition) is 1. The summed E-state index contributed by atoms with van der Waals surface area (Å²) in [6.07, 6.45) is 80.9. The van der Waals surface area contributed by atoms with Gasteiger partial charge < -0.3 is 28.5 Å². The van der Waals surface area contributed by atoms with E-state index in [0.29, 0.717) is 23.9 Å². The van der Waals surface area contributed by atoms with E-state index in [1.54, 1.807) is 0 Å². The first-order valence-corrected chi connectivity index (χ1v) is 32.9. The first kappa shape index (κ1) is 76.2. The molecule has 0 aromatic rings. The van der Waals surface area contributed by atoms with Crippen LogP contribution in [0.15, 0.2) is 97.2 Å². The highest BCUT2D eigenvalue weighted by atomic mass is 16.7. The fourth-order valence-electron chi connectivity index (χ4n) is 9.09. The zero-order valence-electron chi connectivity index (χ0n) is 52.5. The second-order valence-corrected chi connectivity index (χ2v) is 23.1. The lowest BCUT2D eigenvalue weighted by molar-refractivity contribution is -0.870. The molecule has 2 atom stereocenters. The molecule has 0 fully saturated rings. The minimum atomic E-state index is -1.53. The molecule has 0 saturated carbocycles. The third kappa shape index (κ3) is 61.8. The van der Waals surface area contributed by atoms with E-state index < -0.39 is 24.3 Å². The van der Waals surface area contributed by atoms with Gasteiger partial charge in [0.25, 0.3) is 6.29 Å². The highest BCUT2D eigenvalue weighted by Crippen LogP contribution is 2.17. The number of rotatable bonds is 60. The van der Waals surface area contributed by atoms with Crippen LogP contribution >= 0.6 is 0 Å². The van der Waals surface area contributed by atoms with Crippen LogP contribution in [0.4, 0.5) is 0 Å². The molecule has 0 heterocycles. The summed E-state index contributed by atoms with van der Waals surface area (Å²) >= 11 is 0. The molecule has 9 nitrogen and oxygen atoms in total. The van der Waals surface area contributed by atoms with Crippen molar-refractivity contribution in [1.82, 2.24) is 0 Å². The number of hydrogen-bond acceptors (Lipinski definition) is 7. The number of likely N-dealkylation sites (N-methyl/N-ethyl adjacent to an activating group) is 1. The third-order valence-corrected chi connectivity index (χ3v) is 14.1. The predicted octanol–water partition coefficient (Wildman–Crippen LogP) is 20.1. The number of ether oxygens (including phenoxy) is 4. The van der Waals surface area contributed by atoms with E-state index in [0.717, 1.165) is 83.5 Å². The molecular formula is C71H124NO8+. The lowest BCUT2D eigenvalue weighted by Gasteiger charge is -2.25. The standard InChI is InChI=1S/C71H123NO8/c1-6-8-10-12-14-16-18-20-22-24-26-28-30-32-34-36-37-39-41-43-45-47-49-51-53-55-57-59-61-68(73)78-65-67(66-79-71(70(75)76)77-64-63-72(3,4)5)80-69(74)62-60-58-56-54-52-50-48-46-44-42-40-38-35-33-31-29-27-25-23-21-19-17-15-13-11-9-7-2/h9,11,15,17,21,23,27,29,33,35,40,42,46,48,52,54,67,71H,6-8,10,12-14,16,18-20,22,24-26,28,30-32,34,36-39,41,43-45,47,49-51,53,55-66H2,1-5H3/p+1/b11-9-,17-15-,23-21-,29-27-,35-33-,42-40-,48-46-,54-52-. The minimum absolute atomic E-state index is 0.175. The average Bonchev–Trinajstić information content (AvgIpc) is 3.43. The number of carbonyl (C=O) groups is 3. The summed E-state index contributed by atoms with van der Waals surface area (Å²) in [5.74, 6) is -2.06. The Morgan fingerprint density at radius 3 is 1.06 bits per heavy atom. The van der Waals surface area contributed by atoms with Gasteiger partial charge in [0.05, 0.1) is 34.4 Å². The van der Waals surface area contributed by atoms with Crippen molar-refractivity contribution >= 4 is 17.9 Å². The maximum absolute atomic E-state index is 12.9. The van der Waals surface area contributed by atoms with E-state index in [1.807, 2.05) is 21.1 Å². The fourth-order valence-corrected chi connectivity index (χ4v) is 9.09. The van der Waals surface area contributed by atoms with Crippen LogP contribution in [0.2, 0.25) is 0 Å². The summed E-state index contributed by atoms with van der Waals surface area (Å²) < 4.78 is 22.9. The molecular weight excluding hydrogens is 995 g/mol. The van der Waals surface area contributed by atoms with Crippen LogP contribution in [-0.2, 0) is 33.3 Å². The zero-order valence-corrected chi connectivity index (χ0v) is 52.5. The molecule has 0 saturated heterocycles. The second-order valence-electron chi connectivity index (χ2n) is 23.1. The molecule has 0 aromatic carbocycles. The van der Waals surface area contributed by atoms with E-state index in [2.05, 4.69) is 111 Å².